The summed E-state index contributed by atoms with van der Waals surface area (Å²) in [5.41, 5.74) is 1.94. The smallest absolute Gasteiger partial charge is 0.412 e. The summed E-state index contributed by atoms with van der Waals surface area (Å²) in [4.78, 5) is 37.5. The van der Waals surface area contributed by atoms with Gasteiger partial charge in [-0.2, -0.15) is 0 Å². The summed E-state index contributed by atoms with van der Waals surface area (Å²) in [6, 6.07) is 21.2. The Balaban J connectivity index is 1.85. The first-order chi connectivity index (χ1) is 15.0. The molecule has 1 N–H and O–H groups in total. The van der Waals surface area contributed by atoms with E-state index in [1.165, 1.54) is 17.7 Å². The Morgan fingerprint density at radius 3 is 2.16 bits per heavy atom. The molecule has 3 rings (SSSR count). The third-order valence-electron chi connectivity index (χ3n) is 4.81. The molecule has 0 spiro atoms. The van der Waals surface area contributed by atoms with E-state index in [4.69, 9.17) is 9.47 Å². The fourth-order valence-electron chi connectivity index (χ4n) is 3.21. The highest BCUT2D eigenvalue weighted by atomic mass is 16.5. The van der Waals surface area contributed by atoms with Gasteiger partial charge >= 0.3 is 12.1 Å². The van der Waals surface area contributed by atoms with Crippen LogP contribution in [0.2, 0.25) is 0 Å². The van der Waals surface area contributed by atoms with Crippen molar-refractivity contribution < 1.29 is 19.1 Å². The summed E-state index contributed by atoms with van der Waals surface area (Å²) < 4.78 is 11.4. The number of esters is 1. The van der Waals surface area contributed by atoms with Gasteiger partial charge in [-0.25, -0.2) is 9.59 Å². The zero-order valence-electron chi connectivity index (χ0n) is 17.4. The molecule has 0 aliphatic rings. The number of methoxy groups -OCH3 is 1. The van der Waals surface area contributed by atoms with Crippen LogP contribution >= 0.6 is 0 Å². The van der Waals surface area contributed by atoms with Crippen molar-refractivity contribution in [2.45, 2.75) is 26.0 Å². The fraction of sp³-hybridized carbons (Fsp3) is 0.208. The second kappa shape index (κ2) is 10.2. The minimum absolute atomic E-state index is 0.0191. The van der Waals surface area contributed by atoms with E-state index in [2.05, 4.69) is 5.32 Å². The van der Waals surface area contributed by atoms with Crippen LogP contribution in [0.15, 0.2) is 77.6 Å². The molecule has 0 radical (unpaired) electrons. The van der Waals surface area contributed by atoms with E-state index in [0.29, 0.717) is 12.1 Å². The number of rotatable bonds is 7. The molecule has 0 saturated carbocycles. The molecule has 0 aliphatic heterocycles. The fourth-order valence-corrected chi connectivity index (χ4v) is 3.21. The molecule has 1 atom stereocenters. The number of aromatic nitrogens is 1. The quantitative estimate of drug-likeness (QED) is 0.586. The zero-order valence-corrected chi connectivity index (χ0v) is 17.4. The molecule has 0 aliphatic carbocycles. The number of carbonyl (C=O) groups excluding carboxylic acids is 2. The third-order valence-corrected chi connectivity index (χ3v) is 4.81. The predicted molar refractivity (Wildman–Crippen MR) is 117 cm³/mol. The topological polar surface area (TPSA) is 86.6 Å². The van der Waals surface area contributed by atoms with Crippen LogP contribution in [-0.2, 0) is 27.3 Å². The van der Waals surface area contributed by atoms with Gasteiger partial charge in [-0.05, 0) is 30.2 Å². The van der Waals surface area contributed by atoms with Gasteiger partial charge in [-0.1, -0.05) is 60.7 Å². The maximum absolute atomic E-state index is 13.1. The van der Waals surface area contributed by atoms with Gasteiger partial charge in [0.05, 0.1) is 7.11 Å². The highest BCUT2D eigenvalue weighted by molar-refractivity contribution is 5.84. The summed E-state index contributed by atoms with van der Waals surface area (Å²) in [5, 5.41) is 2.48. The Kier molecular flexibility index (Phi) is 7.22. The first-order valence-corrected chi connectivity index (χ1v) is 9.83. The molecule has 1 unspecified atom stereocenters. The van der Waals surface area contributed by atoms with Gasteiger partial charge in [0.2, 0.25) is 0 Å². The van der Waals surface area contributed by atoms with Gasteiger partial charge in [-0.15, -0.1) is 0 Å². The van der Waals surface area contributed by atoms with Gasteiger partial charge < -0.3 is 9.47 Å². The number of carbonyl (C=O) groups is 2. The molecule has 160 valence electrons. The van der Waals surface area contributed by atoms with Crippen LogP contribution in [0.25, 0.3) is 0 Å². The van der Waals surface area contributed by atoms with Gasteiger partial charge in [0.1, 0.15) is 18.3 Å². The molecule has 0 fully saturated rings. The molecule has 2 aromatic carbocycles. The van der Waals surface area contributed by atoms with E-state index < -0.39 is 23.7 Å². The lowest BCUT2D eigenvalue weighted by Gasteiger charge is -2.19. The summed E-state index contributed by atoms with van der Waals surface area (Å²) in [5.74, 6) is -0.555. The van der Waals surface area contributed by atoms with E-state index >= 15 is 0 Å². The van der Waals surface area contributed by atoms with Crippen molar-refractivity contribution in [2.75, 3.05) is 12.4 Å². The number of hydrogen-bond donors (Lipinski definition) is 1. The Labute approximate surface area is 180 Å². The number of nitrogens with one attached hydrogen (secondary N) is 1. The van der Waals surface area contributed by atoms with Crippen LogP contribution < -0.4 is 10.9 Å². The molecule has 0 bridgehead atoms. The summed E-state index contributed by atoms with van der Waals surface area (Å²) in [7, 11) is 1.27. The summed E-state index contributed by atoms with van der Waals surface area (Å²) in [6.07, 6.45) is -0.315. The predicted octanol–water partition coefficient (Wildman–Crippen LogP) is 3.92. The number of hydrogen-bond acceptors (Lipinski definition) is 5. The molecule has 7 heteroatoms. The maximum atomic E-state index is 13.1. The number of anilines is 1. The standard InChI is InChI=1S/C24H24N2O5/c1-17(23(28)30-2)26-20(15-18-9-5-3-6-10-18)13-14-21(22(26)27)25-24(29)31-16-19-11-7-4-8-12-19/h3-14,17H,15-16H2,1-2H3,(H,25,29). The molecule has 0 saturated heterocycles. The minimum Gasteiger partial charge on any atom is -0.467 e. The summed E-state index contributed by atoms with van der Waals surface area (Å²) >= 11 is 0. The van der Waals surface area contributed by atoms with Crippen LogP contribution in [-0.4, -0.2) is 23.7 Å². The Hall–Kier alpha value is -3.87. The van der Waals surface area contributed by atoms with Crippen molar-refractivity contribution in [3.05, 3.63) is 100.0 Å². The number of benzene rings is 2. The van der Waals surface area contributed by atoms with Crippen LogP contribution in [0, 0.1) is 0 Å². The van der Waals surface area contributed by atoms with Gasteiger partial charge in [0, 0.05) is 12.1 Å². The minimum atomic E-state index is -0.863. The lowest BCUT2D eigenvalue weighted by Crippen LogP contribution is -2.33. The van der Waals surface area contributed by atoms with Crippen molar-refractivity contribution >= 4 is 17.7 Å². The number of pyridine rings is 1. The van der Waals surface area contributed by atoms with Crippen LogP contribution in [0.3, 0.4) is 0 Å². The number of ether oxygens (including phenoxy) is 2. The highest BCUT2D eigenvalue weighted by Crippen LogP contribution is 2.16. The maximum Gasteiger partial charge on any atom is 0.412 e. The first-order valence-electron chi connectivity index (χ1n) is 9.83. The van der Waals surface area contributed by atoms with E-state index in [9.17, 15) is 14.4 Å². The van der Waals surface area contributed by atoms with Crippen molar-refractivity contribution in [3.8, 4) is 0 Å². The number of nitrogens with zero attached hydrogens (tertiary/aromatic N) is 1. The molecule has 3 aromatic rings. The molecular weight excluding hydrogens is 396 g/mol. The Morgan fingerprint density at radius 1 is 0.935 bits per heavy atom. The SMILES string of the molecule is COC(=O)C(C)n1c(Cc2ccccc2)ccc(NC(=O)OCc2ccccc2)c1=O. The lowest BCUT2D eigenvalue weighted by molar-refractivity contribution is -0.144. The molecule has 1 amide bonds. The van der Waals surface area contributed by atoms with E-state index in [1.54, 1.807) is 13.0 Å². The van der Waals surface area contributed by atoms with Gasteiger partial charge in [-0.3, -0.25) is 14.7 Å². The average Bonchev–Trinajstić information content (AvgIpc) is 2.80. The molecule has 31 heavy (non-hydrogen) atoms. The first kappa shape index (κ1) is 21.8. The van der Waals surface area contributed by atoms with E-state index in [0.717, 1.165) is 11.1 Å². The second-order valence-electron chi connectivity index (χ2n) is 6.96. The van der Waals surface area contributed by atoms with Crippen molar-refractivity contribution in [1.29, 1.82) is 0 Å². The zero-order chi connectivity index (χ0) is 22.2. The van der Waals surface area contributed by atoms with Crippen molar-refractivity contribution in [2.24, 2.45) is 0 Å². The Bertz CT molecular complexity index is 1090. The average molecular weight is 420 g/mol. The number of amides is 1. The van der Waals surface area contributed by atoms with E-state index in [1.807, 2.05) is 60.7 Å². The van der Waals surface area contributed by atoms with Crippen LogP contribution in [0.4, 0.5) is 10.5 Å². The van der Waals surface area contributed by atoms with Gasteiger partial charge in [0.25, 0.3) is 5.56 Å². The second-order valence-corrected chi connectivity index (χ2v) is 6.96. The highest BCUT2D eigenvalue weighted by Gasteiger charge is 2.22. The lowest BCUT2D eigenvalue weighted by atomic mass is 10.1. The molecule has 1 heterocycles. The van der Waals surface area contributed by atoms with Crippen LogP contribution in [0.1, 0.15) is 29.8 Å². The largest absolute Gasteiger partial charge is 0.467 e. The van der Waals surface area contributed by atoms with Gasteiger partial charge in [0.15, 0.2) is 0 Å². The monoisotopic (exact) mass is 420 g/mol. The summed E-state index contributed by atoms with van der Waals surface area (Å²) in [6.45, 7) is 1.66. The molecule has 7 nitrogen and oxygen atoms in total. The van der Waals surface area contributed by atoms with Crippen LogP contribution in [0.5, 0.6) is 0 Å². The van der Waals surface area contributed by atoms with E-state index in [-0.39, 0.29) is 12.3 Å². The molecular formula is C24H24N2O5. The van der Waals surface area contributed by atoms with Crippen molar-refractivity contribution in [3.63, 3.8) is 0 Å². The normalized spacial score (nSPS) is 11.4. The Morgan fingerprint density at radius 2 is 1.55 bits per heavy atom. The molecule has 1 aromatic heterocycles. The van der Waals surface area contributed by atoms with Crippen molar-refractivity contribution in [1.82, 2.24) is 4.57 Å². The third kappa shape index (κ3) is 5.60.